The number of hydrogen-bond acceptors (Lipinski definition) is 3. The molecule has 0 amide bonds. The van der Waals surface area contributed by atoms with E-state index in [1.165, 1.54) is 12.8 Å². The van der Waals surface area contributed by atoms with Crippen molar-refractivity contribution in [3.8, 4) is 0 Å². The fourth-order valence-electron chi connectivity index (χ4n) is 3.62. The Hall–Kier alpha value is -1.03. The molecule has 0 radical (unpaired) electrons. The summed E-state index contributed by atoms with van der Waals surface area (Å²) in [5.41, 5.74) is 0.723. The van der Waals surface area contributed by atoms with E-state index in [-0.39, 0.29) is 11.6 Å². The van der Waals surface area contributed by atoms with Gasteiger partial charge in [-0.05, 0) is 51.1 Å². The van der Waals surface area contributed by atoms with Gasteiger partial charge in [0.05, 0.1) is 11.6 Å². The number of likely N-dealkylation sites (N-methyl/N-ethyl adjacent to an activating group) is 1. The molecule has 1 heterocycles. The van der Waals surface area contributed by atoms with Crippen LogP contribution in [-0.2, 0) is 4.74 Å². The fourth-order valence-corrected chi connectivity index (χ4v) is 3.80. The van der Waals surface area contributed by atoms with Crippen molar-refractivity contribution < 1.29 is 9.15 Å². The molecule has 0 spiro atoms. The van der Waals surface area contributed by atoms with Gasteiger partial charge in [0.2, 0.25) is 0 Å². The smallest absolute Gasteiger partial charge is 0.134 e. The summed E-state index contributed by atoms with van der Waals surface area (Å²) in [6.07, 6.45) is 4.57. The molecular formula is C17H22ClNO2. The van der Waals surface area contributed by atoms with Gasteiger partial charge in [0.1, 0.15) is 11.3 Å². The van der Waals surface area contributed by atoms with Crippen LogP contribution in [0.25, 0.3) is 11.0 Å². The average Bonchev–Trinajstić information content (AvgIpc) is 3.07. The Kier molecular flexibility index (Phi) is 4.25. The van der Waals surface area contributed by atoms with E-state index in [4.69, 9.17) is 20.8 Å². The molecule has 0 saturated heterocycles. The lowest BCUT2D eigenvalue weighted by Gasteiger charge is -2.36. The van der Waals surface area contributed by atoms with E-state index in [0.29, 0.717) is 0 Å². The molecule has 1 atom stereocenters. The number of furan rings is 1. The third kappa shape index (κ3) is 2.70. The largest absolute Gasteiger partial charge is 0.459 e. The number of hydrogen-bond donors (Lipinski definition) is 1. The van der Waals surface area contributed by atoms with Gasteiger partial charge in [0.25, 0.3) is 0 Å². The Morgan fingerprint density at radius 1 is 1.33 bits per heavy atom. The van der Waals surface area contributed by atoms with Gasteiger partial charge in [-0.15, -0.1) is 0 Å². The quantitative estimate of drug-likeness (QED) is 0.869. The zero-order valence-corrected chi connectivity index (χ0v) is 13.4. The second-order valence-corrected chi connectivity index (χ2v) is 6.19. The van der Waals surface area contributed by atoms with Gasteiger partial charge < -0.3 is 14.5 Å². The molecule has 1 saturated carbocycles. The Labute approximate surface area is 130 Å². The maximum atomic E-state index is 6.17. The first kappa shape index (κ1) is 14.9. The highest BCUT2D eigenvalue weighted by atomic mass is 35.5. The maximum absolute atomic E-state index is 6.17. The molecule has 1 aromatic carbocycles. The minimum Gasteiger partial charge on any atom is -0.459 e. The van der Waals surface area contributed by atoms with Crippen molar-refractivity contribution in [2.24, 2.45) is 0 Å². The van der Waals surface area contributed by atoms with E-state index in [9.17, 15) is 0 Å². The predicted octanol–water partition coefficient (Wildman–Crippen LogP) is 4.70. The van der Waals surface area contributed by atoms with E-state index in [2.05, 4.69) is 18.3 Å². The first-order valence-electron chi connectivity index (χ1n) is 7.69. The van der Waals surface area contributed by atoms with Crippen molar-refractivity contribution in [1.82, 2.24) is 5.32 Å². The first-order chi connectivity index (χ1) is 10.2. The first-order valence-corrected chi connectivity index (χ1v) is 8.06. The number of fused-ring (bicyclic) bond motifs is 1. The van der Waals surface area contributed by atoms with E-state index in [1.54, 1.807) is 0 Å². The third-order valence-corrected chi connectivity index (χ3v) is 4.71. The van der Waals surface area contributed by atoms with Crippen LogP contribution in [0.4, 0.5) is 0 Å². The Balaban J connectivity index is 2.00. The molecule has 0 aliphatic heterocycles. The maximum Gasteiger partial charge on any atom is 0.134 e. The van der Waals surface area contributed by atoms with Gasteiger partial charge in [0, 0.05) is 17.0 Å². The van der Waals surface area contributed by atoms with Gasteiger partial charge in [-0.2, -0.15) is 0 Å². The zero-order valence-electron chi connectivity index (χ0n) is 12.6. The van der Waals surface area contributed by atoms with E-state index in [0.717, 1.165) is 41.2 Å². The van der Waals surface area contributed by atoms with Crippen LogP contribution in [0.5, 0.6) is 0 Å². The van der Waals surface area contributed by atoms with Crippen molar-refractivity contribution in [1.29, 1.82) is 0 Å². The summed E-state index contributed by atoms with van der Waals surface area (Å²) in [5.74, 6) is 0.935. The zero-order chi connectivity index (χ0) is 14.9. The number of ether oxygens (including phenoxy) is 1. The van der Waals surface area contributed by atoms with Crippen molar-refractivity contribution in [2.75, 3.05) is 13.7 Å². The summed E-state index contributed by atoms with van der Waals surface area (Å²) in [4.78, 5) is 0. The summed E-state index contributed by atoms with van der Waals surface area (Å²) < 4.78 is 12.2. The molecule has 1 aromatic heterocycles. The SMILES string of the molecule is CCOC1(C(NC)c2cc3cc(Cl)ccc3o2)CCCC1. The van der Waals surface area contributed by atoms with Crippen LogP contribution in [0.2, 0.25) is 5.02 Å². The molecule has 114 valence electrons. The van der Waals surface area contributed by atoms with Gasteiger partial charge in [-0.25, -0.2) is 0 Å². The van der Waals surface area contributed by atoms with E-state index >= 15 is 0 Å². The average molecular weight is 308 g/mol. The number of rotatable bonds is 5. The molecule has 1 aliphatic carbocycles. The molecule has 0 bridgehead atoms. The molecule has 21 heavy (non-hydrogen) atoms. The second-order valence-electron chi connectivity index (χ2n) is 5.76. The lowest BCUT2D eigenvalue weighted by atomic mass is 9.90. The molecule has 2 aromatic rings. The Bertz CT molecular complexity index is 616. The van der Waals surface area contributed by atoms with Crippen LogP contribution in [-0.4, -0.2) is 19.3 Å². The highest BCUT2D eigenvalue weighted by Crippen LogP contribution is 2.44. The second kappa shape index (κ2) is 5.99. The standard InChI is InChI=1S/C17H22ClNO2/c1-3-20-17(8-4-5-9-17)16(19-2)15-11-12-10-13(18)6-7-14(12)21-15/h6-7,10-11,16,19H,3-5,8-9H2,1-2H3. The summed E-state index contributed by atoms with van der Waals surface area (Å²) in [6, 6.07) is 7.89. The highest BCUT2D eigenvalue weighted by Gasteiger charge is 2.43. The van der Waals surface area contributed by atoms with E-state index < -0.39 is 0 Å². The summed E-state index contributed by atoms with van der Waals surface area (Å²) in [6.45, 7) is 2.79. The Morgan fingerprint density at radius 3 is 2.76 bits per heavy atom. The highest BCUT2D eigenvalue weighted by molar-refractivity contribution is 6.31. The number of halogens is 1. The molecule has 4 heteroatoms. The summed E-state index contributed by atoms with van der Waals surface area (Å²) in [5, 5.41) is 5.19. The van der Waals surface area contributed by atoms with Crippen molar-refractivity contribution >= 4 is 22.6 Å². The van der Waals surface area contributed by atoms with Crippen LogP contribution in [0.1, 0.15) is 44.4 Å². The number of nitrogens with one attached hydrogen (secondary N) is 1. The van der Waals surface area contributed by atoms with Crippen LogP contribution in [0.3, 0.4) is 0 Å². The molecule has 1 unspecified atom stereocenters. The fraction of sp³-hybridized carbons (Fsp3) is 0.529. The summed E-state index contributed by atoms with van der Waals surface area (Å²) >= 11 is 6.06. The molecule has 3 nitrogen and oxygen atoms in total. The van der Waals surface area contributed by atoms with Crippen molar-refractivity contribution in [2.45, 2.75) is 44.2 Å². The van der Waals surface area contributed by atoms with Gasteiger partial charge >= 0.3 is 0 Å². The van der Waals surface area contributed by atoms with Gasteiger partial charge in [-0.1, -0.05) is 24.4 Å². The topological polar surface area (TPSA) is 34.4 Å². The minimum atomic E-state index is -0.152. The normalized spacial score (nSPS) is 19.2. The van der Waals surface area contributed by atoms with Crippen LogP contribution in [0.15, 0.2) is 28.7 Å². The lowest BCUT2D eigenvalue weighted by molar-refractivity contribution is -0.0651. The van der Waals surface area contributed by atoms with Gasteiger partial charge in [-0.3, -0.25) is 0 Å². The lowest BCUT2D eigenvalue weighted by Crippen LogP contribution is -2.42. The van der Waals surface area contributed by atoms with Crippen LogP contribution >= 0.6 is 11.6 Å². The summed E-state index contributed by atoms with van der Waals surface area (Å²) in [7, 11) is 1.98. The van der Waals surface area contributed by atoms with E-state index in [1.807, 2.05) is 25.2 Å². The molecular weight excluding hydrogens is 286 g/mol. The molecule has 1 aliphatic rings. The van der Waals surface area contributed by atoms with Crippen molar-refractivity contribution in [3.05, 3.63) is 35.0 Å². The Morgan fingerprint density at radius 2 is 2.10 bits per heavy atom. The number of benzene rings is 1. The monoisotopic (exact) mass is 307 g/mol. The predicted molar refractivity (Wildman–Crippen MR) is 85.8 cm³/mol. The van der Waals surface area contributed by atoms with Gasteiger partial charge in [0.15, 0.2) is 0 Å². The molecule has 3 rings (SSSR count). The van der Waals surface area contributed by atoms with Crippen LogP contribution in [0, 0.1) is 0 Å². The third-order valence-electron chi connectivity index (χ3n) is 4.48. The minimum absolute atomic E-state index is 0.0751. The molecule has 1 N–H and O–H groups in total. The van der Waals surface area contributed by atoms with Crippen molar-refractivity contribution in [3.63, 3.8) is 0 Å². The van der Waals surface area contributed by atoms with Crippen LogP contribution < -0.4 is 5.32 Å². The molecule has 1 fully saturated rings.